The number of benzene rings is 1. The molecule has 0 amide bonds. The highest BCUT2D eigenvalue weighted by Crippen LogP contribution is 2.61. The van der Waals surface area contributed by atoms with E-state index in [0.717, 1.165) is 32.1 Å². The SMILES string of the molecule is COCOc1cc2c(cc1O)CC[C@@H]1[C@@H]2CC[C@]2(C)[C@@H](O)CC[C@@H]12. The first-order chi connectivity index (χ1) is 11.5. The second kappa shape index (κ2) is 5.92. The number of fused-ring (bicyclic) bond motifs is 5. The Labute approximate surface area is 143 Å². The van der Waals surface area contributed by atoms with Crippen molar-refractivity contribution in [3.63, 3.8) is 0 Å². The van der Waals surface area contributed by atoms with Crippen LogP contribution in [0.5, 0.6) is 11.5 Å². The van der Waals surface area contributed by atoms with Crippen molar-refractivity contribution in [3.05, 3.63) is 23.3 Å². The van der Waals surface area contributed by atoms with E-state index in [1.54, 1.807) is 7.11 Å². The van der Waals surface area contributed by atoms with Crippen LogP contribution in [0.25, 0.3) is 0 Å². The topological polar surface area (TPSA) is 58.9 Å². The Morgan fingerprint density at radius 1 is 1.21 bits per heavy atom. The lowest BCUT2D eigenvalue weighted by Crippen LogP contribution is -2.43. The largest absolute Gasteiger partial charge is 0.504 e. The Kier molecular flexibility index (Phi) is 4.00. The van der Waals surface area contributed by atoms with Gasteiger partial charge in [0.1, 0.15) is 0 Å². The van der Waals surface area contributed by atoms with E-state index in [1.807, 2.05) is 12.1 Å². The average molecular weight is 332 g/mol. The zero-order valence-corrected chi connectivity index (χ0v) is 14.6. The molecule has 0 radical (unpaired) electrons. The summed E-state index contributed by atoms with van der Waals surface area (Å²) in [4.78, 5) is 0. The van der Waals surface area contributed by atoms with Crippen molar-refractivity contribution in [2.75, 3.05) is 13.9 Å². The molecule has 0 heterocycles. The van der Waals surface area contributed by atoms with Crippen LogP contribution >= 0.6 is 0 Å². The van der Waals surface area contributed by atoms with E-state index in [9.17, 15) is 10.2 Å². The molecule has 0 spiro atoms. The number of rotatable bonds is 3. The quantitative estimate of drug-likeness (QED) is 0.831. The number of phenolic OH excluding ortho intramolecular Hbond substituents is 1. The maximum atomic E-state index is 10.5. The molecule has 132 valence electrons. The number of hydrogen-bond acceptors (Lipinski definition) is 4. The van der Waals surface area contributed by atoms with Gasteiger partial charge in [0, 0.05) is 7.11 Å². The molecule has 24 heavy (non-hydrogen) atoms. The van der Waals surface area contributed by atoms with Crippen molar-refractivity contribution in [2.24, 2.45) is 17.3 Å². The maximum Gasteiger partial charge on any atom is 0.188 e. The van der Waals surface area contributed by atoms with Crippen molar-refractivity contribution in [3.8, 4) is 11.5 Å². The van der Waals surface area contributed by atoms with Crippen molar-refractivity contribution < 1.29 is 19.7 Å². The molecule has 0 saturated heterocycles. The Hall–Kier alpha value is -1.26. The summed E-state index contributed by atoms with van der Waals surface area (Å²) >= 11 is 0. The Morgan fingerprint density at radius 3 is 2.83 bits per heavy atom. The van der Waals surface area contributed by atoms with E-state index in [-0.39, 0.29) is 24.1 Å². The summed E-state index contributed by atoms with van der Waals surface area (Å²) in [7, 11) is 1.58. The van der Waals surface area contributed by atoms with E-state index in [4.69, 9.17) is 9.47 Å². The van der Waals surface area contributed by atoms with Gasteiger partial charge in [-0.2, -0.15) is 0 Å². The summed E-state index contributed by atoms with van der Waals surface area (Å²) in [6, 6.07) is 3.92. The van der Waals surface area contributed by atoms with Crippen LogP contribution in [-0.2, 0) is 11.2 Å². The van der Waals surface area contributed by atoms with Gasteiger partial charge in [0.05, 0.1) is 6.10 Å². The van der Waals surface area contributed by atoms with Gasteiger partial charge in [-0.3, -0.25) is 0 Å². The zero-order chi connectivity index (χ0) is 16.9. The van der Waals surface area contributed by atoms with Gasteiger partial charge in [-0.05, 0) is 85.0 Å². The van der Waals surface area contributed by atoms with Gasteiger partial charge in [-0.25, -0.2) is 0 Å². The lowest BCUT2D eigenvalue weighted by atomic mass is 9.55. The molecule has 5 atom stereocenters. The summed E-state index contributed by atoms with van der Waals surface area (Å²) in [5.41, 5.74) is 2.71. The van der Waals surface area contributed by atoms with Gasteiger partial charge in [-0.1, -0.05) is 6.92 Å². The molecule has 0 unspecified atom stereocenters. The van der Waals surface area contributed by atoms with Gasteiger partial charge in [0.2, 0.25) is 0 Å². The van der Waals surface area contributed by atoms with Crippen LogP contribution in [0.3, 0.4) is 0 Å². The van der Waals surface area contributed by atoms with Crippen molar-refractivity contribution in [2.45, 2.75) is 57.5 Å². The molecular weight excluding hydrogens is 304 g/mol. The molecule has 0 bridgehead atoms. The minimum atomic E-state index is -0.134. The van der Waals surface area contributed by atoms with Crippen molar-refractivity contribution >= 4 is 0 Å². The van der Waals surface area contributed by atoms with Gasteiger partial charge in [0.25, 0.3) is 0 Å². The second-order valence-corrected chi connectivity index (χ2v) is 8.12. The molecule has 4 nitrogen and oxygen atoms in total. The third-order valence-corrected chi connectivity index (χ3v) is 7.09. The summed E-state index contributed by atoms with van der Waals surface area (Å²) in [6.45, 7) is 2.44. The van der Waals surface area contributed by atoms with Crippen molar-refractivity contribution in [1.29, 1.82) is 0 Å². The monoisotopic (exact) mass is 332 g/mol. The zero-order valence-electron chi connectivity index (χ0n) is 14.6. The molecule has 0 aromatic heterocycles. The third-order valence-electron chi connectivity index (χ3n) is 7.09. The molecule has 0 aliphatic heterocycles. The molecule has 3 aliphatic carbocycles. The number of methoxy groups -OCH3 is 1. The number of ether oxygens (including phenoxy) is 2. The summed E-state index contributed by atoms with van der Waals surface area (Å²) < 4.78 is 10.5. The molecule has 2 N–H and O–H groups in total. The van der Waals surface area contributed by atoms with Crippen LogP contribution in [0.2, 0.25) is 0 Å². The van der Waals surface area contributed by atoms with E-state index in [0.29, 0.717) is 23.5 Å². The standard InChI is InChI=1S/C20H28O4/c1-20-8-7-13-14(16(20)5-6-19(20)22)4-3-12-9-17(21)18(10-15(12)13)24-11-23-2/h9-10,13-14,16,19,21-22H,3-8,11H2,1-2H3/t13-,14+,16-,19-,20-/m0/s1. The van der Waals surface area contributed by atoms with Crippen LogP contribution in [0.1, 0.15) is 56.1 Å². The highest BCUT2D eigenvalue weighted by atomic mass is 16.7. The summed E-state index contributed by atoms with van der Waals surface area (Å²) in [5, 5.41) is 20.7. The Morgan fingerprint density at radius 2 is 2.04 bits per heavy atom. The Bertz CT molecular complexity index is 628. The predicted octanol–water partition coefficient (Wildman–Crippen LogP) is 3.59. The fourth-order valence-corrected chi connectivity index (χ4v) is 5.80. The van der Waals surface area contributed by atoms with Crippen LogP contribution in [0.4, 0.5) is 0 Å². The molecule has 4 rings (SSSR count). The average Bonchev–Trinajstić information content (AvgIpc) is 2.88. The number of aryl methyl sites for hydroxylation is 1. The summed E-state index contributed by atoms with van der Waals surface area (Å²) in [6.07, 6.45) is 6.36. The molecule has 1 aromatic rings. The lowest BCUT2D eigenvalue weighted by Gasteiger charge is -2.50. The van der Waals surface area contributed by atoms with Crippen molar-refractivity contribution in [1.82, 2.24) is 0 Å². The van der Waals surface area contributed by atoms with Crippen LogP contribution in [-0.4, -0.2) is 30.2 Å². The number of aliphatic hydroxyl groups excluding tert-OH is 1. The van der Waals surface area contributed by atoms with E-state index in [1.165, 1.54) is 17.5 Å². The first kappa shape index (κ1) is 16.2. The van der Waals surface area contributed by atoms with Crippen LogP contribution in [0.15, 0.2) is 12.1 Å². The van der Waals surface area contributed by atoms with E-state index < -0.39 is 0 Å². The molecule has 4 heteroatoms. The minimum Gasteiger partial charge on any atom is -0.504 e. The third kappa shape index (κ3) is 2.34. The molecule has 1 aromatic carbocycles. The van der Waals surface area contributed by atoms with E-state index in [2.05, 4.69) is 6.92 Å². The minimum absolute atomic E-state index is 0.102. The fraction of sp³-hybridized carbons (Fsp3) is 0.700. The van der Waals surface area contributed by atoms with E-state index >= 15 is 0 Å². The summed E-state index contributed by atoms with van der Waals surface area (Å²) in [5.74, 6) is 2.53. The number of phenols is 1. The maximum absolute atomic E-state index is 10.5. The van der Waals surface area contributed by atoms with Gasteiger partial charge >= 0.3 is 0 Å². The molecular formula is C20H28O4. The van der Waals surface area contributed by atoms with Gasteiger partial charge in [0.15, 0.2) is 18.3 Å². The van der Waals surface area contributed by atoms with Crippen LogP contribution in [0, 0.1) is 17.3 Å². The number of hydrogen-bond donors (Lipinski definition) is 2. The predicted molar refractivity (Wildman–Crippen MR) is 91.2 cm³/mol. The molecule has 2 fully saturated rings. The first-order valence-corrected chi connectivity index (χ1v) is 9.20. The normalized spacial score (nSPS) is 37.5. The Balaban J connectivity index is 1.66. The highest BCUT2D eigenvalue weighted by Gasteiger charge is 2.54. The first-order valence-electron chi connectivity index (χ1n) is 9.20. The molecule has 2 saturated carbocycles. The van der Waals surface area contributed by atoms with Crippen LogP contribution < -0.4 is 4.74 Å². The van der Waals surface area contributed by atoms with Gasteiger partial charge in [-0.15, -0.1) is 0 Å². The fourth-order valence-electron chi connectivity index (χ4n) is 5.80. The molecule has 3 aliphatic rings. The second-order valence-electron chi connectivity index (χ2n) is 8.12. The highest BCUT2D eigenvalue weighted by molar-refractivity contribution is 5.49. The lowest BCUT2D eigenvalue weighted by molar-refractivity contribution is -0.0227. The number of aliphatic hydroxyl groups is 1. The number of aromatic hydroxyl groups is 1. The smallest absolute Gasteiger partial charge is 0.188 e. The van der Waals surface area contributed by atoms with Gasteiger partial charge < -0.3 is 19.7 Å².